The largest absolute Gasteiger partial charge is 0.503 e. The van der Waals surface area contributed by atoms with E-state index >= 15 is 0 Å². The molecule has 0 saturated carbocycles. The van der Waals surface area contributed by atoms with Crippen molar-refractivity contribution in [2.24, 2.45) is 0 Å². The van der Waals surface area contributed by atoms with Crippen LogP contribution in [0.1, 0.15) is 56.6 Å². The fourth-order valence-corrected chi connectivity index (χ4v) is 5.64. The third kappa shape index (κ3) is 5.12. The number of esters is 1. The molecule has 38 heavy (non-hydrogen) atoms. The number of phenols is 1. The Morgan fingerprint density at radius 2 is 1.66 bits per heavy atom. The van der Waals surface area contributed by atoms with Crippen LogP contribution in [0.3, 0.4) is 0 Å². The van der Waals surface area contributed by atoms with Gasteiger partial charge in [0, 0.05) is 29.3 Å². The Morgan fingerprint density at radius 3 is 2.29 bits per heavy atom. The van der Waals surface area contributed by atoms with Gasteiger partial charge in [0.1, 0.15) is 0 Å². The van der Waals surface area contributed by atoms with Crippen LogP contribution in [0.15, 0.2) is 57.3 Å². The zero-order chi connectivity index (χ0) is 27.7. The van der Waals surface area contributed by atoms with Crippen molar-refractivity contribution < 1.29 is 33.6 Å². The normalized spacial score (nSPS) is 19.2. The van der Waals surface area contributed by atoms with Crippen LogP contribution in [0.4, 0.5) is 0 Å². The van der Waals surface area contributed by atoms with Gasteiger partial charge in [-0.2, -0.15) is 0 Å². The summed E-state index contributed by atoms with van der Waals surface area (Å²) in [4.78, 5) is 27.2. The molecule has 0 fully saturated rings. The van der Waals surface area contributed by atoms with Gasteiger partial charge in [-0.3, -0.25) is 4.79 Å². The van der Waals surface area contributed by atoms with Crippen molar-refractivity contribution in [2.75, 3.05) is 21.3 Å². The summed E-state index contributed by atoms with van der Waals surface area (Å²) in [6.45, 7) is 5.37. The van der Waals surface area contributed by atoms with Crippen LogP contribution >= 0.6 is 15.9 Å². The molecule has 0 aromatic heterocycles. The number of nitrogens with one attached hydrogen (secondary N) is 1. The number of Topliss-reactive ketones (excluding diaryl/α,β-unsaturated/α-hetero) is 1. The number of halogens is 1. The van der Waals surface area contributed by atoms with Gasteiger partial charge in [0.25, 0.3) is 0 Å². The Kier molecular flexibility index (Phi) is 8.06. The third-order valence-corrected chi connectivity index (χ3v) is 7.48. The predicted octanol–water partition coefficient (Wildman–Crippen LogP) is 5.49. The fourth-order valence-electron chi connectivity index (χ4n) is 5.18. The van der Waals surface area contributed by atoms with E-state index < -0.39 is 11.9 Å². The molecule has 9 heteroatoms. The molecule has 2 N–H and O–H groups in total. The van der Waals surface area contributed by atoms with Gasteiger partial charge in [0.15, 0.2) is 28.8 Å². The van der Waals surface area contributed by atoms with E-state index in [9.17, 15) is 14.7 Å². The number of hydrogen-bond acceptors (Lipinski definition) is 8. The molecule has 2 aromatic rings. The van der Waals surface area contributed by atoms with Gasteiger partial charge in [0.05, 0.1) is 37.5 Å². The maximum absolute atomic E-state index is 13.9. The molecular formula is C29H32BrNO7. The number of ketones is 1. The lowest BCUT2D eigenvalue weighted by molar-refractivity contribution is -0.143. The van der Waals surface area contributed by atoms with Gasteiger partial charge < -0.3 is 29.4 Å². The van der Waals surface area contributed by atoms with Crippen molar-refractivity contribution in [2.45, 2.75) is 51.6 Å². The summed E-state index contributed by atoms with van der Waals surface area (Å²) in [5.74, 6) is 0.0317. The molecule has 4 rings (SSSR count). The van der Waals surface area contributed by atoms with Crippen LogP contribution in [0.5, 0.6) is 23.0 Å². The first-order chi connectivity index (χ1) is 18.1. The van der Waals surface area contributed by atoms with Gasteiger partial charge in [0.2, 0.25) is 0 Å². The summed E-state index contributed by atoms with van der Waals surface area (Å²) in [7, 11) is 4.61. The summed E-state index contributed by atoms with van der Waals surface area (Å²) < 4.78 is 22.2. The lowest BCUT2D eigenvalue weighted by Gasteiger charge is -2.37. The highest BCUT2D eigenvalue weighted by atomic mass is 79.9. The van der Waals surface area contributed by atoms with E-state index in [-0.39, 0.29) is 35.7 Å². The average molecular weight is 586 g/mol. The number of carbonyl (C=O) groups excluding carboxylic acids is 2. The van der Waals surface area contributed by atoms with E-state index in [1.165, 1.54) is 7.11 Å². The van der Waals surface area contributed by atoms with Crippen molar-refractivity contribution in [3.8, 4) is 23.0 Å². The van der Waals surface area contributed by atoms with E-state index in [0.29, 0.717) is 44.8 Å². The maximum Gasteiger partial charge on any atom is 0.337 e. The summed E-state index contributed by atoms with van der Waals surface area (Å²) in [6.07, 6.45) is 0.485. The molecule has 8 nitrogen and oxygen atoms in total. The molecule has 202 valence electrons. The second kappa shape index (κ2) is 11.1. The van der Waals surface area contributed by atoms with Gasteiger partial charge in [-0.1, -0.05) is 6.07 Å². The Balaban J connectivity index is 1.83. The molecule has 1 aliphatic heterocycles. The molecule has 0 unspecified atom stereocenters. The molecule has 1 heterocycles. The van der Waals surface area contributed by atoms with Crippen LogP contribution in [-0.2, 0) is 14.3 Å². The summed E-state index contributed by atoms with van der Waals surface area (Å²) in [5.41, 5.74) is 3.84. The number of allylic oxidation sites excluding steroid dienone is 3. The van der Waals surface area contributed by atoms with Crippen LogP contribution in [0.2, 0.25) is 0 Å². The molecule has 0 saturated heterocycles. The zero-order valence-corrected chi connectivity index (χ0v) is 23.9. The summed E-state index contributed by atoms with van der Waals surface area (Å²) in [6, 6.07) is 9.05. The van der Waals surface area contributed by atoms with Crippen LogP contribution in [0, 0.1) is 0 Å². The quantitative estimate of drug-likeness (QED) is 0.411. The minimum absolute atomic E-state index is 0.0603. The molecule has 0 radical (unpaired) electrons. The van der Waals surface area contributed by atoms with Gasteiger partial charge in [-0.15, -0.1) is 0 Å². The van der Waals surface area contributed by atoms with E-state index in [1.54, 1.807) is 40.2 Å². The van der Waals surface area contributed by atoms with E-state index in [2.05, 4.69) is 21.2 Å². The molecule has 0 amide bonds. The highest BCUT2D eigenvalue weighted by Gasteiger charge is 2.42. The standard InChI is InChI=1S/C29H32BrNO7/c1-14(2)38-29(34)25-15(3)31-20-10-17(16-7-8-22(35-4)23(12-16)36-5)11-21(32)27(20)26(25)18-9-19(30)28(33)24(13-18)37-6/h7-9,12-14,17,26,31,33H,10-11H2,1-6H3/t17-,26-/m0/s1. The summed E-state index contributed by atoms with van der Waals surface area (Å²) >= 11 is 3.38. The average Bonchev–Trinajstić information content (AvgIpc) is 2.88. The second-order valence-corrected chi connectivity index (χ2v) is 10.5. The fraction of sp³-hybridized carbons (Fsp3) is 0.379. The highest BCUT2D eigenvalue weighted by molar-refractivity contribution is 9.10. The van der Waals surface area contributed by atoms with Crippen molar-refractivity contribution >= 4 is 27.7 Å². The maximum atomic E-state index is 13.9. The Morgan fingerprint density at radius 1 is 1.00 bits per heavy atom. The molecule has 0 spiro atoms. The molecular weight excluding hydrogens is 554 g/mol. The lowest BCUT2D eigenvalue weighted by atomic mass is 9.71. The molecule has 2 atom stereocenters. The van der Waals surface area contributed by atoms with Gasteiger partial charge in [-0.05, 0) is 84.4 Å². The SMILES string of the molecule is COc1ccc([C@@H]2CC(=O)C3=C(C2)NC(C)=C(C(=O)OC(C)C)[C@@H]3c2cc(Br)c(O)c(OC)c2)cc1OC. The first-order valence-electron chi connectivity index (χ1n) is 12.3. The number of benzene rings is 2. The monoisotopic (exact) mass is 585 g/mol. The molecule has 0 bridgehead atoms. The minimum atomic E-state index is -0.692. The number of rotatable bonds is 7. The Labute approximate surface area is 230 Å². The number of carbonyl (C=O) groups is 2. The number of dihydropyridines is 1. The van der Waals surface area contributed by atoms with Crippen molar-refractivity contribution in [3.63, 3.8) is 0 Å². The number of methoxy groups -OCH3 is 3. The Bertz CT molecular complexity index is 1340. The number of aromatic hydroxyl groups is 1. The van der Waals surface area contributed by atoms with Crippen LogP contribution in [-0.4, -0.2) is 44.3 Å². The highest BCUT2D eigenvalue weighted by Crippen LogP contribution is 2.48. The number of hydrogen-bond donors (Lipinski definition) is 2. The minimum Gasteiger partial charge on any atom is -0.503 e. The predicted molar refractivity (Wildman–Crippen MR) is 146 cm³/mol. The zero-order valence-electron chi connectivity index (χ0n) is 22.3. The topological polar surface area (TPSA) is 103 Å². The first-order valence-corrected chi connectivity index (χ1v) is 13.1. The lowest BCUT2D eigenvalue weighted by Crippen LogP contribution is -2.36. The van der Waals surface area contributed by atoms with Crippen LogP contribution in [0.25, 0.3) is 0 Å². The van der Waals surface area contributed by atoms with E-state index in [1.807, 2.05) is 25.1 Å². The smallest absolute Gasteiger partial charge is 0.337 e. The van der Waals surface area contributed by atoms with Crippen LogP contribution < -0.4 is 19.5 Å². The first kappa shape index (κ1) is 27.6. The molecule has 2 aliphatic rings. The third-order valence-electron chi connectivity index (χ3n) is 6.87. The second-order valence-electron chi connectivity index (χ2n) is 9.64. The van der Waals surface area contributed by atoms with E-state index in [4.69, 9.17) is 18.9 Å². The van der Waals surface area contributed by atoms with E-state index in [0.717, 1.165) is 11.3 Å². The van der Waals surface area contributed by atoms with Crippen molar-refractivity contribution in [1.29, 1.82) is 0 Å². The van der Waals surface area contributed by atoms with Crippen molar-refractivity contribution in [3.05, 3.63) is 68.5 Å². The molecule has 2 aromatic carbocycles. The Hall–Kier alpha value is -3.46. The summed E-state index contributed by atoms with van der Waals surface area (Å²) in [5, 5.41) is 13.8. The number of phenolic OH excluding ortho intramolecular Hbond substituents is 1. The van der Waals surface area contributed by atoms with Gasteiger partial charge in [-0.25, -0.2) is 4.79 Å². The van der Waals surface area contributed by atoms with Gasteiger partial charge >= 0.3 is 5.97 Å². The number of ether oxygens (including phenoxy) is 4. The molecule has 1 aliphatic carbocycles. The van der Waals surface area contributed by atoms with Crippen molar-refractivity contribution in [1.82, 2.24) is 5.32 Å².